The van der Waals surface area contributed by atoms with Crippen molar-refractivity contribution in [1.29, 1.82) is 0 Å². The van der Waals surface area contributed by atoms with Crippen LogP contribution in [-0.2, 0) is 10.0 Å². The highest BCUT2D eigenvalue weighted by molar-refractivity contribution is 7.93. The largest absolute Gasteiger partial charge is 0.315 e. The Morgan fingerprint density at radius 1 is 1.33 bits per heavy atom. The molecule has 1 aliphatic heterocycles. The van der Waals surface area contributed by atoms with Crippen molar-refractivity contribution in [2.45, 2.75) is 25.5 Å². The van der Waals surface area contributed by atoms with Gasteiger partial charge in [0.25, 0.3) is 0 Å². The zero-order valence-electron chi connectivity index (χ0n) is 10.9. The number of hydrogen-bond acceptors (Lipinski definition) is 3. The molecule has 1 aromatic rings. The summed E-state index contributed by atoms with van der Waals surface area (Å²) in [5.41, 5.74) is 1.89. The zero-order valence-corrected chi connectivity index (χ0v) is 11.7. The van der Waals surface area contributed by atoms with E-state index in [1.54, 1.807) is 0 Å². The first-order chi connectivity index (χ1) is 8.55. The third-order valence-corrected chi connectivity index (χ3v) is 5.68. The van der Waals surface area contributed by atoms with Gasteiger partial charge in [0.2, 0.25) is 10.0 Å². The fraction of sp³-hybridized carbons (Fsp3) is 0.538. The standard InChI is InChI=1S/C13H20N2O2S/c1-3-15(12-6-4-11(2)5-7-12)18(16,17)13-8-9-14-10-13/h4-7,13-14H,3,8-10H2,1-2H3. The van der Waals surface area contributed by atoms with Crippen molar-refractivity contribution >= 4 is 15.7 Å². The molecule has 1 atom stereocenters. The molecule has 2 rings (SSSR count). The number of anilines is 1. The lowest BCUT2D eigenvalue weighted by Crippen LogP contribution is -2.39. The maximum atomic E-state index is 12.5. The van der Waals surface area contributed by atoms with Crippen LogP contribution in [0.2, 0.25) is 0 Å². The van der Waals surface area contributed by atoms with Crippen molar-refractivity contribution in [3.05, 3.63) is 29.8 Å². The van der Waals surface area contributed by atoms with Gasteiger partial charge in [-0.1, -0.05) is 17.7 Å². The number of benzene rings is 1. The minimum absolute atomic E-state index is 0.293. The van der Waals surface area contributed by atoms with Crippen LogP contribution in [0.5, 0.6) is 0 Å². The minimum Gasteiger partial charge on any atom is -0.315 e. The lowest BCUT2D eigenvalue weighted by molar-refractivity contribution is 0.578. The molecule has 1 fully saturated rings. The molecule has 1 N–H and O–H groups in total. The summed E-state index contributed by atoms with van der Waals surface area (Å²) in [6.45, 7) is 5.69. The van der Waals surface area contributed by atoms with Gasteiger partial charge in [-0.25, -0.2) is 8.42 Å². The Bertz CT molecular complexity index is 490. The molecule has 100 valence electrons. The number of rotatable bonds is 4. The van der Waals surface area contributed by atoms with Gasteiger partial charge in [-0.2, -0.15) is 0 Å². The molecule has 0 amide bonds. The smallest absolute Gasteiger partial charge is 0.239 e. The number of nitrogens with zero attached hydrogens (tertiary/aromatic N) is 1. The zero-order chi connectivity index (χ0) is 13.2. The molecule has 0 aromatic heterocycles. The van der Waals surface area contributed by atoms with Crippen LogP contribution in [0.15, 0.2) is 24.3 Å². The second kappa shape index (κ2) is 5.28. The van der Waals surface area contributed by atoms with Crippen molar-refractivity contribution in [2.24, 2.45) is 0 Å². The number of sulfonamides is 1. The van der Waals surface area contributed by atoms with Crippen LogP contribution < -0.4 is 9.62 Å². The Hall–Kier alpha value is -1.07. The van der Waals surface area contributed by atoms with Gasteiger partial charge in [0.1, 0.15) is 0 Å². The minimum atomic E-state index is -3.25. The predicted molar refractivity (Wildman–Crippen MR) is 74.4 cm³/mol. The lowest BCUT2D eigenvalue weighted by Gasteiger charge is -2.26. The number of hydrogen-bond donors (Lipinski definition) is 1. The molecule has 1 aliphatic rings. The van der Waals surface area contributed by atoms with Gasteiger partial charge in [0.15, 0.2) is 0 Å². The van der Waals surface area contributed by atoms with Crippen molar-refractivity contribution in [3.63, 3.8) is 0 Å². The van der Waals surface area contributed by atoms with Crippen molar-refractivity contribution in [1.82, 2.24) is 5.32 Å². The summed E-state index contributed by atoms with van der Waals surface area (Å²) in [7, 11) is -3.25. The maximum Gasteiger partial charge on any atom is 0.239 e. The van der Waals surface area contributed by atoms with E-state index >= 15 is 0 Å². The third-order valence-electron chi connectivity index (χ3n) is 3.35. The third kappa shape index (κ3) is 2.52. The van der Waals surface area contributed by atoms with Crippen LogP contribution in [0, 0.1) is 6.92 Å². The normalized spacial score (nSPS) is 20.0. The van der Waals surface area contributed by atoms with Gasteiger partial charge in [-0.15, -0.1) is 0 Å². The molecular formula is C13H20N2O2S. The van der Waals surface area contributed by atoms with E-state index in [1.807, 2.05) is 38.1 Å². The van der Waals surface area contributed by atoms with Crippen LogP contribution in [-0.4, -0.2) is 33.3 Å². The predicted octanol–water partition coefficient (Wildman–Crippen LogP) is 1.51. The highest BCUT2D eigenvalue weighted by atomic mass is 32.2. The van der Waals surface area contributed by atoms with E-state index in [2.05, 4.69) is 5.32 Å². The Morgan fingerprint density at radius 2 is 2.00 bits per heavy atom. The first-order valence-electron chi connectivity index (χ1n) is 6.34. The average Bonchev–Trinajstić information content (AvgIpc) is 2.86. The number of aryl methyl sites for hydroxylation is 1. The lowest BCUT2D eigenvalue weighted by atomic mass is 10.2. The molecule has 0 bridgehead atoms. The highest BCUT2D eigenvalue weighted by Gasteiger charge is 2.33. The van der Waals surface area contributed by atoms with E-state index in [0.717, 1.165) is 17.8 Å². The average molecular weight is 268 g/mol. The van der Waals surface area contributed by atoms with E-state index in [4.69, 9.17) is 0 Å². The summed E-state index contributed by atoms with van der Waals surface area (Å²) < 4.78 is 26.6. The molecule has 5 heteroatoms. The first-order valence-corrected chi connectivity index (χ1v) is 7.85. The summed E-state index contributed by atoms with van der Waals surface area (Å²) in [4.78, 5) is 0. The van der Waals surface area contributed by atoms with Crippen molar-refractivity contribution < 1.29 is 8.42 Å². The van der Waals surface area contributed by atoms with Gasteiger partial charge in [0.05, 0.1) is 10.9 Å². The van der Waals surface area contributed by atoms with E-state index in [1.165, 1.54) is 4.31 Å². The maximum absolute atomic E-state index is 12.5. The molecule has 1 unspecified atom stereocenters. The molecule has 18 heavy (non-hydrogen) atoms. The molecule has 1 aromatic carbocycles. The highest BCUT2D eigenvalue weighted by Crippen LogP contribution is 2.23. The van der Waals surface area contributed by atoms with Crippen LogP contribution in [0.1, 0.15) is 18.9 Å². The van der Waals surface area contributed by atoms with Gasteiger partial charge in [-0.3, -0.25) is 4.31 Å². The van der Waals surface area contributed by atoms with E-state index in [9.17, 15) is 8.42 Å². The van der Waals surface area contributed by atoms with Crippen molar-refractivity contribution in [3.8, 4) is 0 Å². The second-order valence-corrected chi connectivity index (χ2v) is 6.80. The molecule has 1 heterocycles. The fourth-order valence-electron chi connectivity index (χ4n) is 2.28. The van der Waals surface area contributed by atoms with Crippen LogP contribution in [0.4, 0.5) is 5.69 Å². The van der Waals surface area contributed by atoms with Gasteiger partial charge >= 0.3 is 0 Å². The molecule has 0 saturated carbocycles. The topological polar surface area (TPSA) is 49.4 Å². The molecule has 1 saturated heterocycles. The van der Waals surface area contributed by atoms with Crippen LogP contribution in [0.3, 0.4) is 0 Å². The van der Waals surface area contributed by atoms with E-state index < -0.39 is 10.0 Å². The Labute approximate surface area is 109 Å². The fourth-order valence-corrected chi connectivity index (χ4v) is 4.16. The molecule has 0 radical (unpaired) electrons. The summed E-state index contributed by atoms with van der Waals surface area (Å²) in [5, 5.41) is 2.82. The summed E-state index contributed by atoms with van der Waals surface area (Å²) >= 11 is 0. The van der Waals surface area contributed by atoms with Crippen LogP contribution >= 0.6 is 0 Å². The monoisotopic (exact) mass is 268 g/mol. The Morgan fingerprint density at radius 3 is 2.50 bits per heavy atom. The SMILES string of the molecule is CCN(c1ccc(C)cc1)S(=O)(=O)C1CCNC1. The second-order valence-electron chi connectivity index (χ2n) is 4.66. The molecular weight excluding hydrogens is 248 g/mol. The Balaban J connectivity index is 2.30. The Kier molecular flexibility index (Phi) is 3.92. The van der Waals surface area contributed by atoms with Crippen LogP contribution in [0.25, 0.3) is 0 Å². The molecule has 0 spiro atoms. The first kappa shape index (κ1) is 13.4. The van der Waals surface area contributed by atoms with Gasteiger partial charge in [0, 0.05) is 13.1 Å². The molecule has 4 nitrogen and oxygen atoms in total. The summed E-state index contributed by atoms with van der Waals surface area (Å²) in [6, 6.07) is 7.64. The summed E-state index contributed by atoms with van der Waals surface area (Å²) in [5.74, 6) is 0. The number of nitrogens with one attached hydrogen (secondary N) is 1. The van der Waals surface area contributed by atoms with Gasteiger partial charge < -0.3 is 5.32 Å². The molecule has 0 aliphatic carbocycles. The van der Waals surface area contributed by atoms with E-state index in [-0.39, 0.29) is 5.25 Å². The van der Waals surface area contributed by atoms with E-state index in [0.29, 0.717) is 19.5 Å². The quantitative estimate of drug-likeness (QED) is 0.900. The van der Waals surface area contributed by atoms with Gasteiger partial charge in [-0.05, 0) is 38.9 Å². The van der Waals surface area contributed by atoms with Crippen molar-refractivity contribution in [2.75, 3.05) is 23.9 Å². The summed E-state index contributed by atoms with van der Waals surface area (Å²) in [6.07, 6.45) is 0.699.